The predicted octanol–water partition coefficient (Wildman–Crippen LogP) is 3.19. The van der Waals surface area contributed by atoms with E-state index in [0.29, 0.717) is 5.02 Å². The zero-order valence-corrected chi connectivity index (χ0v) is 10.4. The molecule has 4 heteroatoms. The Hall–Kier alpha value is -0.440. The van der Waals surface area contributed by atoms with Crippen LogP contribution in [-0.4, -0.2) is 30.6 Å². The Morgan fingerprint density at radius 2 is 1.87 bits per heavy atom. The van der Waals surface area contributed by atoms with Crippen molar-refractivity contribution in [3.63, 3.8) is 0 Å². The van der Waals surface area contributed by atoms with Gasteiger partial charge in [-0.25, -0.2) is 0 Å². The van der Waals surface area contributed by atoms with Gasteiger partial charge in [-0.2, -0.15) is 0 Å². The van der Waals surface area contributed by atoms with E-state index in [2.05, 4.69) is 4.90 Å². The first-order chi connectivity index (χ1) is 7.02. The fraction of sp³-hybridized carbons (Fsp3) is 0.455. The molecule has 0 atom stereocenters. The van der Waals surface area contributed by atoms with Gasteiger partial charge in [-0.05, 0) is 45.1 Å². The number of hydrogen-bond acceptors (Lipinski definition) is 2. The minimum absolute atomic E-state index is 0.0398. The molecule has 0 radical (unpaired) electrons. The predicted molar refractivity (Wildman–Crippen MR) is 65.0 cm³/mol. The van der Waals surface area contributed by atoms with E-state index in [1.807, 2.05) is 20.2 Å². The van der Waals surface area contributed by atoms with E-state index >= 15 is 0 Å². The Labute approximate surface area is 100 Å². The largest absolute Gasteiger partial charge is 0.506 e. The maximum atomic E-state index is 9.31. The van der Waals surface area contributed by atoms with Crippen molar-refractivity contribution in [2.75, 3.05) is 20.6 Å². The van der Waals surface area contributed by atoms with Crippen molar-refractivity contribution in [2.45, 2.75) is 12.8 Å². The van der Waals surface area contributed by atoms with Gasteiger partial charge in [0.05, 0.1) is 5.02 Å². The van der Waals surface area contributed by atoms with E-state index in [-0.39, 0.29) is 10.8 Å². The molecule has 0 aromatic heterocycles. The first-order valence-electron chi connectivity index (χ1n) is 4.83. The van der Waals surface area contributed by atoms with Crippen molar-refractivity contribution in [1.82, 2.24) is 4.90 Å². The van der Waals surface area contributed by atoms with E-state index in [4.69, 9.17) is 23.2 Å². The molecule has 2 nitrogen and oxygen atoms in total. The molecule has 1 N–H and O–H groups in total. The van der Waals surface area contributed by atoms with E-state index in [0.717, 1.165) is 24.9 Å². The van der Waals surface area contributed by atoms with Gasteiger partial charge in [-0.3, -0.25) is 0 Å². The second-order valence-corrected chi connectivity index (χ2v) is 4.53. The monoisotopic (exact) mass is 247 g/mol. The van der Waals surface area contributed by atoms with Crippen molar-refractivity contribution >= 4 is 23.2 Å². The molecule has 0 bridgehead atoms. The van der Waals surface area contributed by atoms with Crippen LogP contribution in [0, 0.1) is 0 Å². The fourth-order valence-electron chi connectivity index (χ4n) is 1.36. The molecule has 0 saturated heterocycles. The van der Waals surface area contributed by atoms with E-state index in [9.17, 15) is 5.11 Å². The molecule has 84 valence electrons. The first-order valence-corrected chi connectivity index (χ1v) is 5.58. The van der Waals surface area contributed by atoms with Crippen LogP contribution in [0.1, 0.15) is 12.0 Å². The molecule has 0 saturated carbocycles. The Bertz CT molecular complexity index is 340. The van der Waals surface area contributed by atoms with Crippen LogP contribution < -0.4 is 0 Å². The summed E-state index contributed by atoms with van der Waals surface area (Å²) in [7, 11) is 4.07. The molecule has 0 spiro atoms. The number of rotatable bonds is 4. The summed E-state index contributed by atoms with van der Waals surface area (Å²) in [4.78, 5) is 2.12. The molecule has 1 aromatic rings. The summed E-state index contributed by atoms with van der Waals surface area (Å²) < 4.78 is 0. The smallest absolute Gasteiger partial charge is 0.135 e. The Balaban J connectivity index is 2.66. The number of hydrogen-bond donors (Lipinski definition) is 1. The average molecular weight is 248 g/mol. The molecule has 15 heavy (non-hydrogen) atoms. The third kappa shape index (κ3) is 3.56. The van der Waals surface area contributed by atoms with Crippen molar-refractivity contribution in [2.24, 2.45) is 0 Å². The highest BCUT2D eigenvalue weighted by atomic mass is 35.5. The highest BCUT2D eigenvalue weighted by molar-refractivity contribution is 6.43. The van der Waals surface area contributed by atoms with Crippen LogP contribution in [0.2, 0.25) is 10.0 Å². The lowest BCUT2D eigenvalue weighted by Gasteiger charge is -2.10. The van der Waals surface area contributed by atoms with Crippen LogP contribution in [-0.2, 0) is 6.42 Å². The molecular formula is C11H15Cl2NO. The quantitative estimate of drug-likeness (QED) is 0.884. The number of aromatic hydroxyl groups is 1. The Morgan fingerprint density at radius 1 is 1.20 bits per heavy atom. The SMILES string of the molecule is CN(C)CCCc1ccc(O)c(Cl)c1Cl. The van der Waals surface area contributed by atoms with E-state index < -0.39 is 0 Å². The number of benzene rings is 1. The van der Waals surface area contributed by atoms with Gasteiger partial charge in [0.15, 0.2) is 0 Å². The summed E-state index contributed by atoms with van der Waals surface area (Å²) in [5, 5.41) is 10.0. The maximum Gasteiger partial charge on any atom is 0.135 e. The summed E-state index contributed by atoms with van der Waals surface area (Å²) in [5.74, 6) is 0.0398. The number of nitrogens with zero attached hydrogens (tertiary/aromatic N) is 1. The summed E-state index contributed by atoms with van der Waals surface area (Å²) >= 11 is 11.8. The number of aryl methyl sites for hydroxylation is 1. The summed E-state index contributed by atoms with van der Waals surface area (Å²) in [6.45, 7) is 1.01. The van der Waals surface area contributed by atoms with Gasteiger partial charge in [0, 0.05) is 0 Å². The molecule has 0 heterocycles. The lowest BCUT2D eigenvalue weighted by atomic mass is 10.1. The van der Waals surface area contributed by atoms with E-state index in [1.54, 1.807) is 6.07 Å². The minimum Gasteiger partial charge on any atom is -0.506 e. The van der Waals surface area contributed by atoms with Crippen molar-refractivity contribution in [3.05, 3.63) is 27.7 Å². The lowest BCUT2D eigenvalue weighted by molar-refractivity contribution is 0.400. The Morgan fingerprint density at radius 3 is 2.47 bits per heavy atom. The first kappa shape index (κ1) is 12.6. The fourth-order valence-corrected chi connectivity index (χ4v) is 1.80. The third-order valence-electron chi connectivity index (χ3n) is 2.19. The zero-order valence-electron chi connectivity index (χ0n) is 8.93. The van der Waals surface area contributed by atoms with Gasteiger partial charge in [-0.1, -0.05) is 29.3 Å². The maximum absolute atomic E-state index is 9.31. The summed E-state index contributed by atoms with van der Waals surface area (Å²) in [6, 6.07) is 3.40. The number of phenols is 1. The molecule has 0 amide bonds. The summed E-state index contributed by atoms with van der Waals surface area (Å²) in [6.07, 6.45) is 1.89. The summed E-state index contributed by atoms with van der Waals surface area (Å²) in [5.41, 5.74) is 0.987. The van der Waals surface area contributed by atoms with Crippen LogP contribution >= 0.6 is 23.2 Å². The topological polar surface area (TPSA) is 23.5 Å². The van der Waals surface area contributed by atoms with Gasteiger partial charge in [0.1, 0.15) is 10.8 Å². The van der Waals surface area contributed by atoms with Gasteiger partial charge >= 0.3 is 0 Å². The minimum atomic E-state index is 0.0398. The van der Waals surface area contributed by atoms with Crippen LogP contribution in [0.5, 0.6) is 5.75 Å². The van der Waals surface area contributed by atoms with Crippen molar-refractivity contribution in [3.8, 4) is 5.75 Å². The number of halogens is 2. The van der Waals surface area contributed by atoms with Crippen molar-refractivity contribution in [1.29, 1.82) is 0 Å². The van der Waals surface area contributed by atoms with Crippen molar-refractivity contribution < 1.29 is 5.11 Å². The third-order valence-corrected chi connectivity index (χ3v) is 3.10. The second-order valence-electron chi connectivity index (χ2n) is 3.78. The highest BCUT2D eigenvalue weighted by Crippen LogP contribution is 2.34. The van der Waals surface area contributed by atoms with Crippen LogP contribution in [0.15, 0.2) is 12.1 Å². The lowest BCUT2D eigenvalue weighted by Crippen LogP contribution is -2.13. The van der Waals surface area contributed by atoms with Crippen LogP contribution in [0.25, 0.3) is 0 Å². The average Bonchev–Trinajstić information content (AvgIpc) is 2.18. The zero-order chi connectivity index (χ0) is 11.4. The molecule has 0 fully saturated rings. The van der Waals surface area contributed by atoms with Gasteiger partial charge in [0.2, 0.25) is 0 Å². The molecule has 0 unspecified atom stereocenters. The van der Waals surface area contributed by atoms with E-state index in [1.165, 1.54) is 0 Å². The van der Waals surface area contributed by atoms with Crippen LogP contribution in [0.4, 0.5) is 0 Å². The van der Waals surface area contributed by atoms with Gasteiger partial charge in [0.25, 0.3) is 0 Å². The number of phenolic OH excluding ortho intramolecular Hbond substituents is 1. The molecular weight excluding hydrogens is 233 g/mol. The molecule has 1 aromatic carbocycles. The standard InChI is InChI=1S/C11H15Cl2NO/c1-14(2)7-3-4-8-5-6-9(15)11(13)10(8)12/h5-6,15H,3-4,7H2,1-2H3. The van der Waals surface area contributed by atoms with Crippen LogP contribution in [0.3, 0.4) is 0 Å². The molecule has 0 aliphatic heterocycles. The molecule has 1 rings (SSSR count). The molecule has 0 aliphatic carbocycles. The van der Waals surface area contributed by atoms with Gasteiger partial charge in [-0.15, -0.1) is 0 Å². The van der Waals surface area contributed by atoms with Gasteiger partial charge < -0.3 is 10.0 Å². The normalized spacial score (nSPS) is 11.0. The second kappa shape index (κ2) is 5.59. The Kier molecular flexibility index (Phi) is 4.71. The molecule has 0 aliphatic rings. The highest BCUT2D eigenvalue weighted by Gasteiger charge is 2.08.